The third-order valence-electron chi connectivity index (χ3n) is 6.09. The minimum Gasteiger partial charge on any atom is -0.478 e. The molecule has 1 fully saturated rings. The van der Waals surface area contributed by atoms with Crippen LogP contribution in [0.4, 0.5) is 4.79 Å². The molecule has 0 radical (unpaired) electrons. The Bertz CT molecular complexity index is 866. The van der Waals surface area contributed by atoms with Crippen molar-refractivity contribution in [2.75, 3.05) is 19.6 Å². The third-order valence-corrected chi connectivity index (χ3v) is 6.09. The molecule has 0 aromatic carbocycles. The van der Waals surface area contributed by atoms with E-state index in [9.17, 15) is 24.3 Å². The summed E-state index contributed by atoms with van der Waals surface area (Å²) in [6.07, 6.45) is 3.48. The van der Waals surface area contributed by atoms with E-state index in [1.807, 2.05) is 20.8 Å². The standard InChI is InChI=1S/C26H43N3O8/c1-24(2,3)35-21(31)10-13-27-20(30)17-26(22(32)33)16-19(28-37-26)9-7-8-18-11-14-29(15-12-18)23(34)36-25(4,5)6/h18H,7-17H2,1-6H3,(H,27,30)(H,32,33). The van der Waals surface area contributed by atoms with Crippen LogP contribution in [-0.4, -0.2) is 76.1 Å². The van der Waals surface area contributed by atoms with Crippen LogP contribution in [0.3, 0.4) is 0 Å². The molecule has 1 unspecified atom stereocenters. The molecule has 1 atom stereocenters. The predicted octanol–water partition coefficient (Wildman–Crippen LogP) is 3.64. The lowest BCUT2D eigenvalue weighted by Crippen LogP contribution is -2.44. The van der Waals surface area contributed by atoms with E-state index in [-0.39, 0.29) is 25.5 Å². The number of hydrogen-bond acceptors (Lipinski definition) is 8. The molecule has 0 saturated carbocycles. The van der Waals surface area contributed by atoms with E-state index >= 15 is 0 Å². The molecular formula is C26H43N3O8. The van der Waals surface area contributed by atoms with Crippen LogP contribution in [0.2, 0.25) is 0 Å². The molecule has 2 heterocycles. The van der Waals surface area contributed by atoms with Gasteiger partial charge >= 0.3 is 18.0 Å². The average molecular weight is 526 g/mol. The quantitative estimate of drug-likeness (QED) is 0.411. The molecule has 37 heavy (non-hydrogen) atoms. The number of esters is 1. The molecule has 2 aliphatic rings. The van der Waals surface area contributed by atoms with E-state index in [2.05, 4.69) is 10.5 Å². The molecule has 0 aliphatic carbocycles. The molecule has 2 aliphatic heterocycles. The van der Waals surface area contributed by atoms with E-state index in [0.29, 0.717) is 31.1 Å². The van der Waals surface area contributed by atoms with Crippen molar-refractivity contribution in [3.63, 3.8) is 0 Å². The fourth-order valence-corrected chi connectivity index (χ4v) is 4.31. The fourth-order valence-electron chi connectivity index (χ4n) is 4.31. The highest BCUT2D eigenvalue weighted by molar-refractivity contribution is 5.96. The average Bonchev–Trinajstić information content (AvgIpc) is 3.15. The van der Waals surface area contributed by atoms with Gasteiger partial charge < -0.3 is 29.6 Å². The molecule has 0 aromatic heterocycles. The minimum atomic E-state index is -1.73. The zero-order valence-corrected chi connectivity index (χ0v) is 23.1. The summed E-state index contributed by atoms with van der Waals surface area (Å²) >= 11 is 0. The first-order chi connectivity index (χ1) is 17.1. The van der Waals surface area contributed by atoms with Crippen LogP contribution in [0.5, 0.6) is 0 Å². The van der Waals surface area contributed by atoms with Crippen molar-refractivity contribution in [3.05, 3.63) is 0 Å². The molecule has 0 spiro atoms. The highest BCUT2D eigenvalue weighted by atomic mass is 16.7. The second-order valence-electron chi connectivity index (χ2n) is 11.9. The maximum atomic E-state index is 12.4. The maximum Gasteiger partial charge on any atom is 0.410 e. The molecule has 2 amide bonds. The van der Waals surface area contributed by atoms with Gasteiger partial charge in [0.1, 0.15) is 11.2 Å². The number of piperidine rings is 1. The van der Waals surface area contributed by atoms with Crippen LogP contribution >= 0.6 is 0 Å². The highest BCUT2D eigenvalue weighted by Crippen LogP contribution is 2.31. The zero-order valence-electron chi connectivity index (χ0n) is 23.1. The molecule has 0 aromatic rings. The van der Waals surface area contributed by atoms with E-state index in [0.717, 1.165) is 25.7 Å². The van der Waals surface area contributed by atoms with Gasteiger partial charge in [0.15, 0.2) is 0 Å². The zero-order chi connectivity index (χ0) is 27.9. The van der Waals surface area contributed by atoms with Crippen LogP contribution < -0.4 is 5.32 Å². The number of ether oxygens (including phenoxy) is 2. The van der Waals surface area contributed by atoms with Gasteiger partial charge in [0, 0.05) is 26.1 Å². The van der Waals surface area contributed by atoms with Crippen molar-refractivity contribution >= 4 is 29.7 Å². The Labute approximate surface area is 219 Å². The van der Waals surface area contributed by atoms with Crippen molar-refractivity contribution in [1.82, 2.24) is 10.2 Å². The smallest absolute Gasteiger partial charge is 0.410 e. The number of carbonyl (C=O) groups is 4. The van der Waals surface area contributed by atoms with Gasteiger partial charge in [0.2, 0.25) is 11.5 Å². The van der Waals surface area contributed by atoms with Crippen LogP contribution in [0, 0.1) is 5.92 Å². The summed E-state index contributed by atoms with van der Waals surface area (Å²) in [4.78, 5) is 55.3. The van der Waals surface area contributed by atoms with E-state index in [4.69, 9.17) is 14.3 Å². The van der Waals surface area contributed by atoms with Crippen molar-refractivity contribution in [2.45, 2.75) is 110 Å². The molecular weight excluding hydrogens is 482 g/mol. The monoisotopic (exact) mass is 525 g/mol. The summed E-state index contributed by atoms with van der Waals surface area (Å²) in [6.45, 7) is 12.2. The minimum absolute atomic E-state index is 0.0115. The Morgan fingerprint density at radius 3 is 2.27 bits per heavy atom. The van der Waals surface area contributed by atoms with Crippen LogP contribution in [0.15, 0.2) is 5.16 Å². The summed E-state index contributed by atoms with van der Waals surface area (Å²) in [5.74, 6) is -1.75. The number of nitrogens with zero attached hydrogens (tertiary/aromatic N) is 2. The molecule has 2 N–H and O–H groups in total. The van der Waals surface area contributed by atoms with Gasteiger partial charge in [-0.25, -0.2) is 9.59 Å². The fraction of sp³-hybridized carbons (Fsp3) is 0.808. The summed E-state index contributed by atoms with van der Waals surface area (Å²) in [7, 11) is 0. The number of aliphatic carboxylic acids is 1. The number of nitrogens with one attached hydrogen (secondary N) is 1. The van der Waals surface area contributed by atoms with Crippen molar-refractivity contribution in [3.8, 4) is 0 Å². The van der Waals surface area contributed by atoms with Crippen molar-refractivity contribution < 1.29 is 38.6 Å². The van der Waals surface area contributed by atoms with Gasteiger partial charge in [-0.05, 0) is 79.6 Å². The van der Waals surface area contributed by atoms with E-state index in [1.54, 1.807) is 25.7 Å². The second kappa shape index (κ2) is 12.6. The lowest BCUT2D eigenvalue weighted by atomic mass is 9.88. The summed E-state index contributed by atoms with van der Waals surface area (Å²) < 4.78 is 10.6. The molecule has 1 saturated heterocycles. The first-order valence-electron chi connectivity index (χ1n) is 13.0. The molecule has 11 heteroatoms. The molecule has 210 valence electrons. The van der Waals surface area contributed by atoms with Gasteiger partial charge in [0.05, 0.1) is 18.6 Å². The number of carbonyl (C=O) groups excluding carboxylic acids is 3. The Morgan fingerprint density at radius 1 is 1.08 bits per heavy atom. The predicted molar refractivity (Wildman–Crippen MR) is 136 cm³/mol. The van der Waals surface area contributed by atoms with E-state index < -0.39 is 41.1 Å². The highest BCUT2D eigenvalue weighted by Gasteiger charge is 2.48. The normalized spacial score (nSPS) is 20.6. The van der Waals surface area contributed by atoms with Gasteiger partial charge in [-0.15, -0.1) is 0 Å². The van der Waals surface area contributed by atoms with Crippen LogP contribution in [0.1, 0.15) is 92.9 Å². The number of carboxylic acids is 1. The second-order valence-corrected chi connectivity index (χ2v) is 11.9. The lowest BCUT2D eigenvalue weighted by Gasteiger charge is -2.33. The molecule has 2 rings (SSSR count). The Hall–Kier alpha value is -2.85. The number of hydrogen-bond donors (Lipinski definition) is 2. The molecule has 11 nitrogen and oxygen atoms in total. The third kappa shape index (κ3) is 10.6. The number of amides is 2. The number of likely N-dealkylation sites (tertiary alicyclic amines) is 1. The van der Waals surface area contributed by atoms with Gasteiger partial charge in [-0.1, -0.05) is 5.16 Å². The van der Waals surface area contributed by atoms with Crippen LogP contribution in [0.25, 0.3) is 0 Å². The first-order valence-corrected chi connectivity index (χ1v) is 13.0. The van der Waals surface area contributed by atoms with E-state index in [1.165, 1.54) is 0 Å². The van der Waals surface area contributed by atoms with Gasteiger partial charge in [0.25, 0.3) is 0 Å². The van der Waals surface area contributed by atoms with Crippen molar-refractivity contribution in [1.29, 1.82) is 0 Å². The largest absolute Gasteiger partial charge is 0.478 e. The number of oxime groups is 1. The maximum absolute atomic E-state index is 12.4. The SMILES string of the molecule is CC(C)(C)OC(=O)CCNC(=O)CC1(C(=O)O)CC(CCCC2CCN(C(=O)OC(C)(C)C)CC2)=NO1. The number of carboxylic acid groups (broad SMARTS) is 1. The molecule has 0 bridgehead atoms. The first kappa shape index (κ1) is 30.4. The Balaban J connectivity index is 1.71. The van der Waals surface area contributed by atoms with Gasteiger partial charge in [-0.2, -0.15) is 0 Å². The lowest BCUT2D eigenvalue weighted by molar-refractivity contribution is -0.166. The summed E-state index contributed by atoms with van der Waals surface area (Å²) in [6, 6.07) is 0. The number of rotatable bonds is 10. The van der Waals surface area contributed by atoms with Gasteiger partial charge in [-0.3, -0.25) is 9.59 Å². The van der Waals surface area contributed by atoms with Crippen molar-refractivity contribution in [2.24, 2.45) is 11.1 Å². The summed E-state index contributed by atoms with van der Waals surface area (Å²) in [5, 5.41) is 16.3. The Kier molecular flexibility index (Phi) is 10.3. The topological polar surface area (TPSA) is 144 Å². The Morgan fingerprint density at radius 2 is 1.70 bits per heavy atom. The summed E-state index contributed by atoms with van der Waals surface area (Å²) in [5.41, 5.74) is -2.24. The van der Waals surface area contributed by atoms with Crippen LogP contribution in [-0.2, 0) is 28.7 Å².